The molecular formula is C31H29N3O7. The molecule has 2 amide bonds. The van der Waals surface area contributed by atoms with E-state index in [0.29, 0.717) is 51.6 Å². The van der Waals surface area contributed by atoms with E-state index in [2.05, 4.69) is 10.3 Å². The molecule has 2 heterocycles. The largest absolute Gasteiger partial charge is 0.478 e. The van der Waals surface area contributed by atoms with Crippen LogP contribution in [0, 0.1) is 13.8 Å². The Hall–Kier alpha value is -4.99. The fourth-order valence-electron chi connectivity index (χ4n) is 5.06. The molecule has 3 aliphatic rings. The first-order valence-corrected chi connectivity index (χ1v) is 13.3. The lowest BCUT2D eigenvalue weighted by Crippen LogP contribution is -2.32. The normalized spacial score (nSPS) is 13.9. The van der Waals surface area contributed by atoms with Crippen LogP contribution in [0.4, 0.5) is 5.69 Å². The van der Waals surface area contributed by atoms with Gasteiger partial charge >= 0.3 is 11.9 Å². The summed E-state index contributed by atoms with van der Waals surface area (Å²) in [5, 5.41) is 15.5. The Balaban J connectivity index is 1.75. The lowest BCUT2D eigenvalue weighted by Gasteiger charge is -2.20. The molecule has 0 spiro atoms. The Bertz CT molecular complexity index is 1770. The third-order valence-corrected chi connectivity index (χ3v) is 7.01. The SMILES string of the molecule is CC/N=c1/cc2oc3cc(NCC)c(C)cc3c(-c3ccc(C(=O)ON4C(=O)CCC4=O)cc3C(=O)O)c-2cc1C. The standard InChI is InChI=1S/C31H29N3O7/c1-5-32-23-14-25-21(11-16(23)3)29(22-12-17(4)24(33-6-2)15-26(22)40-25)19-8-7-18(13-20(19)30(37)38)31(39)41-34-27(35)9-10-28(34)36/h7-8,11-15,32H,5-6,9-10H2,1-4H3,(H,37,38)/b33-24-. The number of hydrogen-bond acceptors (Lipinski definition) is 8. The Kier molecular flexibility index (Phi) is 7.32. The van der Waals surface area contributed by atoms with Crippen LogP contribution in [0.15, 0.2) is 51.9 Å². The van der Waals surface area contributed by atoms with Crippen molar-refractivity contribution in [1.82, 2.24) is 5.06 Å². The number of nitrogens with zero attached hydrogens (tertiary/aromatic N) is 2. The number of amides is 2. The van der Waals surface area contributed by atoms with E-state index >= 15 is 0 Å². The molecule has 0 unspecified atom stereocenters. The van der Waals surface area contributed by atoms with Crippen LogP contribution in [0.25, 0.3) is 33.4 Å². The van der Waals surface area contributed by atoms with Crippen LogP contribution in [0.3, 0.4) is 0 Å². The fraction of sp³-hybridized carbons (Fsp3) is 0.258. The molecule has 2 aromatic carbocycles. The smallest absolute Gasteiger partial charge is 0.363 e. The molecule has 210 valence electrons. The number of hydroxylamine groups is 2. The number of carboxylic acids is 1. The summed E-state index contributed by atoms with van der Waals surface area (Å²) in [6, 6.07) is 11.8. The third kappa shape index (κ3) is 5.04. The van der Waals surface area contributed by atoms with Crippen LogP contribution in [-0.2, 0) is 14.4 Å². The van der Waals surface area contributed by atoms with Crippen LogP contribution in [-0.4, -0.2) is 47.0 Å². The first kappa shape index (κ1) is 27.6. The number of aromatic carboxylic acids is 1. The van der Waals surface area contributed by atoms with Gasteiger partial charge in [0.25, 0.3) is 11.8 Å². The van der Waals surface area contributed by atoms with Gasteiger partial charge in [-0.05, 0) is 68.7 Å². The highest BCUT2D eigenvalue weighted by molar-refractivity contribution is 6.09. The van der Waals surface area contributed by atoms with Crippen LogP contribution in [0.1, 0.15) is 58.5 Å². The minimum absolute atomic E-state index is 0.0494. The van der Waals surface area contributed by atoms with Gasteiger partial charge in [0.15, 0.2) is 0 Å². The molecule has 0 aromatic heterocycles. The first-order chi connectivity index (χ1) is 19.6. The molecule has 10 nitrogen and oxygen atoms in total. The zero-order chi connectivity index (χ0) is 29.4. The predicted molar refractivity (Wildman–Crippen MR) is 151 cm³/mol. The number of carbonyl (C=O) groups is 4. The van der Waals surface area contributed by atoms with Crippen LogP contribution >= 0.6 is 0 Å². The maximum absolute atomic E-state index is 12.8. The van der Waals surface area contributed by atoms with Crippen molar-refractivity contribution in [1.29, 1.82) is 0 Å². The molecule has 1 fully saturated rings. The average Bonchev–Trinajstić information content (AvgIpc) is 3.25. The van der Waals surface area contributed by atoms with E-state index in [-0.39, 0.29) is 24.0 Å². The molecule has 2 N–H and O–H groups in total. The van der Waals surface area contributed by atoms with Gasteiger partial charge in [0, 0.05) is 60.3 Å². The number of benzene rings is 3. The average molecular weight is 556 g/mol. The molecule has 5 rings (SSSR count). The lowest BCUT2D eigenvalue weighted by molar-refractivity contribution is -0.172. The number of fused-ring (bicyclic) bond motifs is 2. The van der Waals surface area contributed by atoms with Crippen molar-refractivity contribution in [3.8, 4) is 22.5 Å². The van der Waals surface area contributed by atoms with Gasteiger partial charge in [0.2, 0.25) is 0 Å². The van der Waals surface area contributed by atoms with E-state index in [1.54, 1.807) is 0 Å². The third-order valence-electron chi connectivity index (χ3n) is 7.01. The van der Waals surface area contributed by atoms with Gasteiger partial charge < -0.3 is 19.7 Å². The van der Waals surface area contributed by atoms with Gasteiger partial charge in [-0.1, -0.05) is 6.07 Å². The van der Waals surface area contributed by atoms with E-state index in [0.717, 1.165) is 22.2 Å². The molecule has 1 saturated heterocycles. The Morgan fingerprint density at radius 2 is 1.73 bits per heavy atom. The van der Waals surface area contributed by atoms with Gasteiger partial charge in [0.05, 0.1) is 16.5 Å². The highest BCUT2D eigenvalue weighted by atomic mass is 16.7. The maximum atomic E-state index is 12.8. The Morgan fingerprint density at radius 1 is 1.00 bits per heavy atom. The van der Waals surface area contributed by atoms with Crippen molar-refractivity contribution in [2.24, 2.45) is 4.99 Å². The van der Waals surface area contributed by atoms with Crippen molar-refractivity contribution < 1.29 is 33.5 Å². The Labute approximate surface area is 235 Å². The Morgan fingerprint density at radius 3 is 2.39 bits per heavy atom. The van der Waals surface area contributed by atoms with E-state index in [4.69, 9.17) is 9.25 Å². The van der Waals surface area contributed by atoms with Gasteiger partial charge in [-0.3, -0.25) is 14.6 Å². The van der Waals surface area contributed by atoms with Crippen LogP contribution < -0.4 is 10.7 Å². The van der Waals surface area contributed by atoms with Crippen molar-refractivity contribution in [3.63, 3.8) is 0 Å². The second-order valence-electron chi connectivity index (χ2n) is 9.81. The monoisotopic (exact) mass is 555 g/mol. The number of hydrogen-bond donors (Lipinski definition) is 2. The van der Waals surface area contributed by atoms with E-state index in [1.807, 2.05) is 52.0 Å². The minimum Gasteiger partial charge on any atom is -0.478 e. The highest BCUT2D eigenvalue weighted by Gasteiger charge is 2.33. The van der Waals surface area contributed by atoms with Gasteiger partial charge in [-0.2, -0.15) is 0 Å². The number of carboxylic acid groups (broad SMARTS) is 1. The molecule has 41 heavy (non-hydrogen) atoms. The molecule has 0 atom stereocenters. The van der Waals surface area contributed by atoms with Gasteiger partial charge in [-0.25, -0.2) is 9.59 Å². The molecule has 10 heteroatoms. The topological polar surface area (TPSA) is 139 Å². The van der Waals surface area contributed by atoms with Crippen LogP contribution in [0.5, 0.6) is 0 Å². The molecule has 0 radical (unpaired) electrons. The highest BCUT2D eigenvalue weighted by Crippen LogP contribution is 2.43. The molecule has 1 aliphatic carbocycles. The summed E-state index contributed by atoms with van der Waals surface area (Å²) in [7, 11) is 0. The summed E-state index contributed by atoms with van der Waals surface area (Å²) in [6.45, 7) is 9.12. The number of carbonyl (C=O) groups excluding carboxylic acids is 3. The number of anilines is 1. The van der Waals surface area contributed by atoms with E-state index in [9.17, 15) is 24.3 Å². The summed E-state index contributed by atoms with van der Waals surface area (Å²) in [4.78, 5) is 58.8. The number of rotatable bonds is 7. The van der Waals surface area contributed by atoms with Gasteiger partial charge in [0.1, 0.15) is 11.3 Å². The lowest BCUT2D eigenvalue weighted by atomic mass is 9.88. The number of aryl methyl sites for hydroxylation is 2. The van der Waals surface area contributed by atoms with E-state index < -0.39 is 23.8 Å². The molecule has 0 saturated carbocycles. The quantitative estimate of drug-likeness (QED) is 0.237. The second-order valence-corrected chi connectivity index (χ2v) is 9.81. The van der Waals surface area contributed by atoms with E-state index in [1.165, 1.54) is 18.2 Å². The number of nitrogens with one attached hydrogen (secondary N) is 1. The summed E-state index contributed by atoms with van der Waals surface area (Å²) < 4.78 is 6.36. The second kappa shape index (κ2) is 10.9. The summed E-state index contributed by atoms with van der Waals surface area (Å²) in [5.41, 5.74) is 4.69. The first-order valence-electron chi connectivity index (χ1n) is 13.3. The zero-order valence-electron chi connectivity index (χ0n) is 23.2. The molecule has 2 aliphatic heterocycles. The number of imide groups is 1. The fourth-order valence-corrected chi connectivity index (χ4v) is 5.06. The maximum Gasteiger partial charge on any atom is 0.363 e. The molecule has 2 aromatic rings. The van der Waals surface area contributed by atoms with Gasteiger partial charge in [-0.15, -0.1) is 5.06 Å². The summed E-state index contributed by atoms with van der Waals surface area (Å²) >= 11 is 0. The molecule has 0 bridgehead atoms. The van der Waals surface area contributed by atoms with Crippen molar-refractivity contribution >= 4 is 40.4 Å². The summed E-state index contributed by atoms with van der Waals surface area (Å²) in [6.07, 6.45) is -0.0988. The minimum atomic E-state index is -1.26. The predicted octanol–water partition coefficient (Wildman–Crippen LogP) is 5.09. The van der Waals surface area contributed by atoms with Crippen LogP contribution in [0.2, 0.25) is 0 Å². The molecular weight excluding hydrogens is 526 g/mol. The summed E-state index contributed by atoms with van der Waals surface area (Å²) in [5.74, 6) is -2.99. The van der Waals surface area contributed by atoms with Crippen molar-refractivity contribution in [2.45, 2.75) is 40.5 Å². The van der Waals surface area contributed by atoms with Crippen molar-refractivity contribution in [2.75, 3.05) is 18.4 Å². The van der Waals surface area contributed by atoms with Crippen molar-refractivity contribution in [3.05, 3.63) is 70.1 Å². The zero-order valence-corrected chi connectivity index (χ0v) is 23.2.